The van der Waals surface area contributed by atoms with Crippen LogP contribution in [0.25, 0.3) is 0 Å². The SMILES string of the molecule is NC(=O)C1(NC(=O)NCC[C@H](c2ccc(F)cc2)c2ccco2)CCCC1. The van der Waals surface area contributed by atoms with E-state index in [1.165, 1.54) is 12.1 Å². The van der Waals surface area contributed by atoms with Crippen LogP contribution >= 0.6 is 0 Å². The minimum atomic E-state index is -0.943. The minimum Gasteiger partial charge on any atom is -0.469 e. The smallest absolute Gasteiger partial charge is 0.315 e. The van der Waals surface area contributed by atoms with Crippen molar-refractivity contribution in [3.8, 4) is 0 Å². The van der Waals surface area contributed by atoms with Gasteiger partial charge in [-0.15, -0.1) is 0 Å². The number of halogens is 1. The molecule has 0 spiro atoms. The first-order chi connectivity index (χ1) is 13.0. The van der Waals surface area contributed by atoms with Crippen LogP contribution in [-0.4, -0.2) is 24.0 Å². The number of hydrogen-bond acceptors (Lipinski definition) is 3. The zero-order valence-electron chi connectivity index (χ0n) is 15.0. The van der Waals surface area contributed by atoms with Crippen molar-refractivity contribution < 1.29 is 18.4 Å². The summed E-state index contributed by atoms with van der Waals surface area (Å²) in [5.74, 6) is -0.164. The van der Waals surface area contributed by atoms with Gasteiger partial charge in [-0.2, -0.15) is 0 Å². The first-order valence-electron chi connectivity index (χ1n) is 9.15. The predicted octanol–water partition coefficient (Wildman–Crippen LogP) is 3.04. The third-order valence-electron chi connectivity index (χ3n) is 5.16. The van der Waals surface area contributed by atoms with E-state index in [2.05, 4.69) is 10.6 Å². The summed E-state index contributed by atoms with van der Waals surface area (Å²) in [6.07, 6.45) is 5.03. The fraction of sp³-hybridized carbons (Fsp3) is 0.400. The molecule has 1 aliphatic carbocycles. The van der Waals surface area contributed by atoms with Crippen LogP contribution in [0, 0.1) is 5.82 Å². The van der Waals surface area contributed by atoms with Gasteiger partial charge in [0.05, 0.1) is 6.26 Å². The second kappa shape index (κ2) is 8.24. The van der Waals surface area contributed by atoms with Gasteiger partial charge in [0.25, 0.3) is 0 Å². The number of hydrogen-bond donors (Lipinski definition) is 3. The Hall–Kier alpha value is -2.83. The average Bonchev–Trinajstić information content (AvgIpc) is 3.32. The molecule has 27 heavy (non-hydrogen) atoms. The standard InChI is InChI=1S/C20H24FN3O3/c21-15-7-5-14(6-8-15)16(17-4-3-13-27-17)9-12-23-19(26)24-20(18(22)25)10-1-2-11-20/h3-8,13,16H,1-2,9-12H2,(H2,22,25)(H2,23,24,26)/t16-/m1/s1. The van der Waals surface area contributed by atoms with Gasteiger partial charge in [0, 0.05) is 12.5 Å². The van der Waals surface area contributed by atoms with Crippen molar-refractivity contribution in [1.82, 2.24) is 10.6 Å². The van der Waals surface area contributed by atoms with Crippen molar-refractivity contribution in [3.63, 3.8) is 0 Å². The molecule has 1 aliphatic rings. The van der Waals surface area contributed by atoms with Crippen LogP contribution in [-0.2, 0) is 4.79 Å². The normalized spacial score (nSPS) is 16.6. The number of primary amides is 1. The van der Waals surface area contributed by atoms with E-state index in [1.54, 1.807) is 24.5 Å². The third kappa shape index (κ3) is 4.48. The lowest BCUT2D eigenvalue weighted by atomic mass is 9.93. The van der Waals surface area contributed by atoms with Crippen molar-refractivity contribution >= 4 is 11.9 Å². The molecular formula is C20H24FN3O3. The summed E-state index contributed by atoms with van der Waals surface area (Å²) in [5.41, 5.74) is 5.44. The largest absolute Gasteiger partial charge is 0.469 e. The number of benzene rings is 1. The maximum atomic E-state index is 13.2. The maximum absolute atomic E-state index is 13.2. The fourth-order valence-corrected chi connectivity index (χ4v) is 3.66. The van der Waals surface area contributed by atoms with Gasteiger partial charge in [-0.05, 0) is 49.1 Å². The molecule has 1 atom stereocenters. The molecule has 6 nitrogen and oxygen atoms in total. The van der Waals surface area contributed by atoms with Gasteiger partial charge in [-0.1, -0.05) is 25.0 Å². The number of nitrogens with two attached hydrogens (primary N) is 1. The van der Waals surface area contributed by atoms with Crippen LogP contribution in [0.4, 0.5) is 9.18 Å². The number of rotatable bonds is 7. The van der Waals surface area contributed by atoms with Crippen LogP contribution in [0.2, 0.25) is 0 Å². The molecule has 1 heterocycles. The second-order valence-corrected chi connectivity index (χ2v) is 6.94. The molecule has 1 aromatic heterocycles. The van der Waals surface area contributed by atoms with Crippen molar-refractivity contribution in [2.45, 2.75) is 43.6 Å². The number of carbonyl (C=O) groups is 2. The summed E-state index contributed by atoms with van der Waals surface area (Å²) in [4.78, 5) is 24.0. The Bertz CT molecular complexity index is 768. The van der Waals surface area contributed by atoms with E-state index in [0.717, 1.165) is 24.2 Å². The lowest BCUT2D eigenvalue weighted by molar-refractivity contribution is -0.123. The highest BCUT2D eigenvalue weighted by Crippen LogP contribution is 2.30. The van der Waals surface area contributed by atoms with Crippen LogP contribution in [0.3, 0.4) is 0 Å². The monoisotopic (exact) mass is 373 g/mol. The molecule has 144 valence electrons. The van der Waals surface area contributed by atoms with E-state index in [1.807, 2.05) is 6.07 Å². The second-order valence-electron chi connectivity index (χ2n) is 6.94. The summed E-state index contributed by atoms with van der Waals surface area (Å²) in [6, 6.07) is 9.47. The van der Waals surface area contributed by atoms with Crippen molar-refractivity contribution in [3.05, 3.63) is 59.8 Å². The summed E-state index contributed by atoms with van der Waals surface area (Å²) in [5, 5.41) is 5.54. The number of furan rings is 1. The maximum Gasteiger partial charge on any atom is 0.315 e. The number of nitrogens with one attached hydrogen (secondary N) is 2. The summed E-state index contributed by atoms with van der Waals surface area (Å²) < 4.78 is 18.7. The van der Waals surface area contributed by atoms with Gasteiger partial charge in [0.2, 0.25) is 5.91 Å². The predicted molar refractivity (Wildman–Crippen MR) is 98.5 cm³/mol. The van der Waals surface area contributed by atoms with Crippen molar-refractivity contribution in [2.24, 2.45) is 5.73 Å². The van der Waals surface area contributed by atoms with Gasteiger partial charge in [0.1, 0.15) is 17.1 Å². The fourth-order valence-electron chi connectivity index (χ4n) is 3.66. The zero-order chi connectivity index (χ0) is 19.3. The number of carbonyl (C=O) groups excluding carboxylic acids is 2. The Morgan fingerprint density at radius 1 is 1.19 bits per heavy atom. The van der Waals surface area contributed by atoms with E-state index in [-0.39, 0.29) is 11.7 Å². The van der Waals surface area contributed by atoms with Gasteiger partial charge in [-0.3, -0.25) is 4.79 Å². The Balaban J connectivity index is 1.60. The quantitative estimate of drug-likeness (QED) is 0.696. The molecule has 3 rings (SSSR count). The van der Waals surface area contributed by atoms with Gasteiger partial charge < -0.3 is 20.8 Å². The highest BCUT2D eigenvalue weighted by Gasteiger charge is 2.40. The zero-order valence-corrected chi connectivity index (χ0v) is 15.0. The van der Waals surface area contributed by atoms with Gasteiger partial charge in [-0.25, -0.2) is 9.18 Å². The van der Waals surface area contributed by atoms with Crippen LogP contribution < -0.4 is 16.4 Å². The summed E-state index contributed by atoms with van der Waals surface area (Å²) in [7, 11) is 0. The summed E-state index contributed by atoms with van der Waals surface area (Å²) >= 11 is 0. The lowest BCUT2D eigenvalue weighted by Crippen LogP contribution is -2.58. The molecule has 4 N–H and O–H groups in total. The lowest BCUT2D eigenvalue weighted by Gasteiger charge is -2.26. The third-order valence-corrected chi connectivity index (χ3v) is 5.16. The van der Waals surface area contributed by atoms with E-state index in [9.17, 15) is 14.0 Å². The molecule has 0 saturated heterocycles. The molecule has 2 aromatic rings. The topological polar surface area (TPSA) is 97.4 Å². The van der Waals surface area contributed by atoms with E-state index in [0.29, 0.717) is 25.8 Å². The highest BCUT2D eigenvalue weighted by atomic mass is 19.1. The Morgan fingerprint density at radius 3 is 2.48 bits per heavy atom. The molecule has 7 heteroatoms. The molecule has 0 bridgehead atoms. The van der Waals surface area contributed by atoms with Crippen LogP contribution in [0.1, 0.15) is 49.3 Å². The average molecular weight is 373 g/mol. The molecule has 1 fully saturated rings. The molecule has 0 aliphatic heterocycles. The molecule has 1 saturated carbocycles. The van der Waals surface area contributed by atoms with Crippen LogP contribution in [0.5, 0.6) is 0 Å². The molecule has 0 radical (unpaired) electrons. The first kappa shape index (κ1) is 18.9. The molecule has 0 unspecified atom stereocenters. The van der Waals surface area contributed by atoms with Crippen molar-refractivity contribution in [1.29, 1.82) is 0 Å². The van der Waals surface area contributed by atoms with E-state index in [4.69, 9.17) is 10.2 Å². The first-order valence-corrected chi connectivity index (χ1v) is 9.15. The summed E-state index contributed by atoms with van der Waals surface area (Å²) in [6.45, 7) is 0.365. The van der Waals surface area contributed by atoms with E-state index < -0.39 is 17.5 Å². The van der Waals surface area contributed by atoms with Crippen LogP contribution in [0.15, 0.2) is 47.1 Å². The number of urea groups is 1. The molecule has 1 aromatic carbocycles. The molecular weight excluding hydrogens is 349 g/mol. The number of amides is 3. The van der Waals surface area contributed by atoms with E-state index >= 15 is 0 Å². The Kier molecular flexibility index (Phi) is 5.78. The van der Waals surface area contributed by atoms with Crippen molar-refractivity contribution in [2.75, 3.05) is 6.54 Å². The molecule has 3 amide bonds. The highest BCUT2D eigenvalue weighted by molar-refractivity contribution is 5.90. The van der Waals surface area contributed by atoms with Gasteiger partial charge in [0.15, 0.2) is 0 Å². The Morgan fingerprint density at radius 2 is 1.89 bits per heavy atom. The Labute approximate surface area is 157 Å². The van der Waals surface area contributed by atoms with Gasteiger partial charge >= 0.3 is 6.03 Å². The minimum absolute atomic E-state index is 0.113.